The maximum absolute atomic E-state index is 16.0. The van der Waals surface area contributed by atoms with Gasteiger partial charge in [0.15, 0.2) is 0 Å². The number of rotatable bonds is 7. The number of halogens is 4. The molecule has 3 aliphatic rings. The van der Waals surface area contributed by atoms with Crippen LogP contribution in [-0.2, 0) is 12.7 Å². The summed E-state index contributed by atoms with van der Waals surface area (Å²) in [6.07, 6.45) is 1.29. The molecule has 2 N–H and O–H groups in total. The summed E-state index contributed by atoms with van der Waals surface area (Å²) >= 11 is 0. The Morgan fingerprint density at radius 3 is 2.33 bits per heavy atom. The van der Waals surface area contributed by atoms with Gasteiger partial charge in [0, 0.05) is 107 Å². The molecule has 2 aromatic heterocycles. The molecule has 262 valence electrons. The molecule has 5 heterocycles. The number of benzene rings is 1. The van der Waals surface area contributed by atoms with Crippen LogP contribution in [0.1, 0.15) is 40.9 Å². The average Bonchev–Trinajstić information content (AvgIpc) is 3.55. The summed E-state index contributed by atoms with van der Waals surface area (Å²) in [5.74, 6) is -1.11. The van der Waals surface area contributed by atoms with E-state index in [1.54, 1.807) is 0 Å². The molecule has 6 rings (SSSR count). The molecule has 1 aromatic carbocycles. The molecule has 2 fully saturated rings. The second kappa shape index (κ2) is 13.9. The highest BCUT2D eigenvalue weighted by Crippen LogP contribution is 2.37. The lowest BCUT2D eigenvalue weighted by Crippen LogP contribution is -2.55. The standard InChI is InChI=1S/C34H41F4N9O2/c1-21-17-47(18-22(2)44(21)4)30-13-28(35)25(11-29(30)42-32(49)26-16-39-31(48)12-27(26)34(36,37)38)24-5-6-46(20-24)33-40-14-23(15-41-33)19-45-9-7-43(3)8-10-45/h5,11-16,21-22H,6-10,17-20H2,1-4H3,(H,39,48)(H,42,49). The number of carbonyl (C=O) groups excluding carboxylic acids is 1. The molecule has 2 unspecified atom stereocenters. The van der Waals surface area contributed by atoms with E-state index < -0.39 is 34.6 Å². The summed E-state index contributed by atoms with van der Waals surface area (Å²) in [7, 11) is 4.11. The second-order valence-corrected chi connectivity index (χ2v) is 13.3. The van der Waals surface area contributed by atoms with Crippen molar-refractivity contribution in [3.63, 3.8) is 0 Å². The molecule has 0 radical (unpaired) electrons. The van der Waals surface area contributed by atoms with Gasteiger partial charge in [0.1, 0.15) is 5.82 Å². The van der Waals surface area contributed by atoms with Crippen LogP contribution in [0, 0.1) is 5.82 Å². The van der Waals surface area contributed by atoms with Crippen molar-refractivity contribution in [2.75, 3.05) is 81.6 Å². The van der Waals surface area contributed by atoms with Crippen molar-refractivity contribution >= 4 is 28.8 Å². The van der Waals surface area contributed by atoms with Crippen molar-refractivity contribution < 1.29 is 22.4 Å². The molecule has 3 aromatic rings. The Morgan fingerprint density at radius 1 is 1.00 bits per heavy atom. The third-order valence-electron chi connectivity index (χ3n) is 9.75. The van der Waals surface area contributed by atoms with E-state index in [0.29, 0.717) is 49.5 Å². The molecule has 3 aliphatic heterocycles. The lowest BCUT2D eigenvalue weighted by molar-refractivity contribution is -0.138. The largest absolute Gasteiger partial charge is 0.417 e. The maximum Gasteiger partial charge on any atom is 0.417 e. The number of hydrogen-bond acceptors (Lipinski definition) is 9. The van der Waals surface area contributed by atoms with Gasteiger partial charge in [-0.3, -0.25) is 19.4 Å². The van der Waals surface area contributed by atoms with Crippen molar-refractivity contribution in [1.82, 2.24) is 29.7 Å². The number of nitrogens with zero attached hydrogens (tertiary/aromatic N) is 7. The van der Waals surface area contributed by atoms with Gasteiger partial charge in [0.2, 0.25) is 11.5 Å². The molecule has 0 bridgehead atoms. The smallest absolute Gasteiger partial charge is 0.367 e. The van der Waals surface area contributed by atoms with Crippen LogP contribution >= 0.6 is 0 Å². The lowest BCUT2D eigenvalue weighted by atomic mass is 10.0. The molecule has 0 saturated carbocycles. The molecule has 2 atom stereocenters. The Hall–Kier alpha value is -4.34. The number of piperazine rings is 2. The van der Waals surface area contributed by atoms with Crippen molar-refractivity contribution in [2.45, 2.75) is 38.7 Å². The van der Waals surface area contributed by atoms with E-state index in [1.807, 2.05) is 49.2 Å². The van der Waals surface area contributed by atoms with Crippen LogP contribution in [-0.4, -0.2) is 114 Å². The summed E-state index contributed by atoms with van der Waals surface area (Å²) in [5.41, 5.74) is -0.730. The highest BCUT2D eigenvalue weighted by atomic mass is 19.4. The summed E-state index contributed by atoms with van der Waals surface area (Å²) in [5, 5.41) is 2.62. The SMILES string of the molecule is CC1CN(c2cc(F)c(C3=CCN(c4ncc(CN5CCN(C)CC5)cn4)C3)cc2NC(=O)c2c[nH]c(=O)cc2C(F)(F)F)CC(C)N1C. The highest BCUT2D eigenvalue weighted by Gasteiger charge is 2.36. The summed E-state index contributed by atoms with van der Waals surface area (Å²) in [6, 6.07) is 3.34. The number of likely N-dealkylation sites (N-methyl/N-ethyl adjacent to an activating group) is 2. The van der Waals surface area contributed by atoms with Gasteiger partial charge in [-0.15, -0.1) is 0 Å². The number of hydrogen-bond donors (Lipinski definition) is 2. The first kappa shape index (κ1) is 34.5. The molecule has 0 spiro atoms. The summed E-state index contributed by atoms with van der Waals surface area (Å²) < 4.78 is 57.5. The van der Waals surface area contributed by atoms with Crippen molar-refractivity contribution in [2.24, 2.45) is 0 Å². The number of aromatic nitrogens is 3. The van der Waals surface area contributed by atoms with E-state index in [4.69, 9.17) is 0 Å². The van der Waals surface area contributed by atoms with E-state index in [2.05, 4.69) is 42.0 Å². The number of nitrogens with one attached hydrogen (secondary N) is 2. The van der Waals surface area contributed by atoms with E-state index >= 15 is 4.39 Å². The monoisotopic (exact) mass is 683 g/mol. The quantitative estimate of drug-likeness (QED) is 0.361. The zero-order valence-electron chi connectivity index (χ0n) is 28.0. The predicted molar refractivity (Wildman–Crippen MR) is 180 cm³/mol. The summed E-state index contributed by atoms with van der Waals surface area (Å²) in [6.45, 7) is 10.5. The third-order valence-corrected chi connectivity index (χ3v) is 9.75. The van der Waals surface area contributed by atoms with Crippen LogP contribution in [0.2, 0.25) is 0 Å². The average molecular weight is 684 g/mol. The van der Waals surface area contributed by atoms with Crippen LogP contribution in [0.25, 0.3) is 5.57 Å². The van der Waals surface area contributed by atoms with Crippen LogP contribution < -0.4 is 20.7 Å². The fourth-order valence-electron chi connectivity index (χ4n) is 6.62. The topological polar surface area (TPSA) is 104 Å². The molecule has 11 nitrogen and oxygen atoms in total. The van der Waals surface area contributed by atoms with Gasteiger partial charge in [-0.25, -0.2) is 14.4 Å². The van der Waals surface area contributed by atoms with Crippen LogP contribution in [0.15, 0.2) is 47.7 Å². The number of pyridine rings is 1. The van der Waals surface area contributed by atoms with Crippen LogP contribution in [0.4, 0.5) is 34.9 Å². The molecule has 49 heavy (non-hydrogen) atoms. The Bertz CT molecular complexity index is 1760. The Kier molecular flexibility index (Phi) is 9.78. The fraction of sp³-hybridized carbons (Fsp3) is 0.471. The van der Waals surface area contributed by atoms with Gasteiger partial charge in [0.25, 0.3) is 5.91 Å². The number of anilines is 3. The zero-order chi connectivity index (χ0) is 35.0. The normalized spacial score (nSPS) is 21.3. The Balaban J connectivity index is 1.26. The zero-order valence-corrected chi connectivity index (χ0v) is 28.0. The number of alkyl halides is 3. The van der Waals surface area contributed by atoms with Gasteiger partial charge >= 0.3 is 6.18 Å². The first-order chi connectivity index (χ1) is 23.3. The maximum atomic E-state index is 16.0. The van der Waals surface area contributed by atoms with Crippen molar-refractivity contribution in [3.8, 4) is 0 Å². The first-order valence-electron chi connectivity index (χ1n) is 16.3. The van der Waals surface area contributed by atoms with Gasteiger partial charge in [-0.2, -0.15) is 13.2 Å². The predicted octanol–water partition coefficient (Wildman–Crippen LogP) is 3.75. The van der Waals surface area contributed by atoms with Crippen LogP contribution in [0.5, 0.6) is 0 Å². The van der Waals surface area contributed by atoms with E-state index in [0.717, 1.165) is 44.5 Å². The lowest BCUT2D eigenvalue weighted by Gasteiger charge is -2.44. The van der Waals surface area contributed by atoms with E-state index in [-0.39, 0.29) is 23.3 Å². The number of carbonyl (C=O) groups is 1. The number of H-pyrrole nitrogens is 1. The molecular formula is C34H41F4N9O2. The second-order valence-electron chi connectivity index (χ2n) is 13.3. The Labute approximate surface area is 282 Å². The summed E-state index contributed by atoms with van der Waals surface area (Å²) in [4.78, 5) is 47.2. The minimum absolute atomic E-state index is 0.0881. The first-order valence-corrected chi connectivity index (χ1v) is 16.3. The van der Waals surface area contributed by atoms with Gasteiger partial charge in [0.05, 0.1) is 22.5 Å². The fourth-order valence-corrected chi connectivity index (χ4v) is 6.62. The van der Waals surface area contributed by atoms with Gasteiger partial charge < -0.3 is 25.0 Å². The number of aromatic amines is 1. The molecule has 15 heteroatoms. The van der Waals surface area contributed by atoms with Gasteiger partial charge in [-0.1, -0.05) is 6.08 Å². The minimum Gasteiger partial charge on any atom is -0.367 e. The van der Waals surface area contributed by atoms with Crippen molar-refractivity contribution in [3.05, 3.63) is 81.3 Å². The van der Waals surface area contributed by atoms with E-state index in [9.17, 15) is 22.8 Å². The minimum atomic E-state index is -4.94. The van der Waals surface area contributed by atoms with Gasteiger partial charge in [-0.05, 0) is 45.6 Å². The van der Waals surface area contributed by atoms with E-state index in [1.165, 1.54) is 12.1 Å². The third kappa shape index (κ3) is 7.63. The molecule has 0 aliphatic carbocycles. The highest BCUT2D eigenvalue weighted by molar-refractivity contribution is 6.07. The molecular weight excluding hydrogens is 642 g/mol. The molecule has 1 amide bonds. The van der Waals surface area contributed by atoms with Crippen LogP contribution in [0.3, 0.4) is 0 Å². The molecule has 2 saturated heterocycles. The van der Waals surface area contributed by atoms with Crippen molar-refractivity contribution in [1.29, 1.82) is 0 Å². The Morgan fingerprint density at radius 2 is 1.67 bits per heavy atom. The number of amides is 1.